The van der Waals surface area contributed by atoms with Crippen molar-refractivity contribution >= 4 is 17.7 Å². The predicted octanol–water partition coefficient (Wildman–Crippen LogP) is 3.90. The molecule has 31 heavy (non-hydrogen) atoms. The molecule has 0 spiro atoms. The number of carbonyl (C=O) groups excluding carboxylic acids is 2. The lowest BCUT2D eigenvalue weighted by Crippen LogP contribution is -2.51. The van der Waals surface area contributed by atoms with Crippen LogP contribution in [0.5, 0.6) is 0 Å². The number of carboxylic acids is 1. The predicted molar refractivity (Wildman–Crippen MR) is 114 cm³/mol. The minimum absolute atomic E-state index is 0.0766. The molecule has 4 aliphatic rings. The van der Waals surface area contributed by atoms with Crippen LogP contribution in [0.2, 0.25) is 0 Å². The van der Waals surface area contributed by atoms with Crippen molar-refractivity contribution in [2.75, 3.05) is 0 Å². The fourth-order valence-electron chi connectivity index (χ4n) is 7.93. The molecule has 4 rings (SSSR count). The van der Waals surface area contributed by atoms with Gasteiger partial charge < -0.3 is 14.9 Å². The summed E-state index contributed by atoms with van der Waals surface area (Å²) in [6.07, 6.45) is 7.63. The van der Waals surface area contributed by atoms with Crippen molar-refractivity contribution in [2.24, 2.45) is 34.5 Å². The van der Waals surface area contributed by atoms with Crippen LogP contribution >= 0.6 is 0 Å². The van der Waals surface area contributed by atoms with E-state index in [1.165, 1.54) is 5.57 Å². The Morgan fingerprint density at radius 3 is 2.55 bits per heavy atom. The zero-order valence-electron chi connectivity index (χ0n) is 18.9. The van der Waals surface area contributed by atoms with Crippen LogP contribution in [-0.4, -0.2) is 40.1 Å². The van der Waals surface area contributed by atoms with Crippen molar-refractivity contribution in [3.8, 4) is 0 Å². The van der Waals surface area contributed by atoms with Crippen molar-refractivity contribution in [3.05, 3.63) is 11.6 Å². The minimum Gasteiger partial charge on any atom is -0.481 e. The molecular formula is C25H36O6. The summed E-state index contributed by atoms with van der Waals surface area (Å²) in [5, 5.41) is 19.5. The summed E-state index contributed by atoms with van der Waals surface area (Å²) in [7, 11) is 0. The highest BCUT2D eigenvalue weighted by Gasteiger charge is 2.62. The first-order valence-corrected chi connectivity index (χ1v) is 11.9. The fourth-order valence-corrected chi connectivity index (χ4v) is 7.93. The number of rotatable bonds is 5. The van der Waals surface area contributed by atoms with Gasteiger partial charge in [0, 0.05) is 12.3 Å². The molecule has 0 aromatic rings. The first kappa shape index (κ1) is 22.5. The second-order valence-corrected chi connectivity index (χ2v) is 10.9. The summed E-state index contributed by atoms with van der Waals surface area (Å²) >= 11 is 0. The number of aliphatic carboxylic acids is 1. The molecule has 0 amide bonds. The van der Waals surface area contributed by atoms with E-state index in [1.54, 1.807) is 6.92 Å². The molecule has 172 valence electrons. The monoisotopic (exact) mass is 432 g/mol. The quantitative estimate of drug-likeness (QED) is 0.505. The molecule has 3 saturated carbocycles. The smallest absolute Gasteiger partial charge is 0.306 e. The van der Waals surface area contributed by atoms with Crippen LogP contribution in [-0.2, 0) is 19.1 Å². The largest absolute Gasteiger partial charge is 0.481 e. The van der Waals surface area contributed by atoms with Gasteiger partial charge in [0.15, 0.2) is 0 Å². The van der Waals surface area contributed by atoms with Crippen molar-refractivity contribution in [1.29, 1.82) is 0 Å². The number of Topliss-reactive ketones (excluding diaryl/α,β-unsaturated/α-hetero) is 1. The Kier molecular flexibility index (Phi) is 5.82. The second-order valence-electron chi connectivity index (χ2n) is 10.9. The molecular weight excluding hydrogens is 396 g/mol. The van der Waals surface area contributed by atoms with E-state index in [2.05, 4.69) is 19.9 Å². The number of fused-ring (bicyclic) bond motifs is 5. The molecule has 2 N–H and O–H groups in total. The standard InChI is InChI=1S/C25H36O6/c1-14(26)23-20(27)13-19-17-5-4-15-12-16(31-22(30)7-6-21(28)29)8-10-24(15,2)18(17)9-11-25(19,23)3/h4,16-20,23,27H,5-13H2,1-3H3,(H,28,29). The molecule has 8 atom stereocenters. The number of ether oxygens (including phenoxy) is 1. The average Bonchev–Trinajstić information content (AvgIpc) is 2.96. The van der Waals surface area contributed by atoms with Crippen LogP contribution in [0, 0.1) is 34.5 Å². The summed E-state index contributed by atoms with van der Waals surface area (Å²) in [6, 6.07) is 0. The van der Waals surface area contributed by atoms with Crippen molar-refractivity contribution < 1.29 is 29.3 Å². The molecule has 4 aliphatic carbocycles. The van der Waals surface area contributed by atoms with Gasteiger partial charge in [-0.2, -0.15) is 0 Å². The van der Waals surface area contributed by atoms with E-state index in [1.807, 2.05) is 0 Å². The van der Waals surface area contributed by atoms with Crippen LogP contribution in [0.4, 0.5) is 0 Å². The number of allylic oxidation sites excluding steroid dienone is 1. The second kappa shape index (κ2) is 8.02. The number of aliphatic hydroxyl groups is 1. The van der Waals surface area contributed by atoms with Gasteiger partial charge in [-0.1, -0.05) is 25.5 Å². The number of ketones is 1. The summed E-state index contributed by atoms with van der Waals surface area (Å²) in [6.45, 7) is 6.21. The van der Waals surface area contributed by atoms with Crippen LogP contribution in [0.25, 0.3) is 0 Å². The zero-order valence-corrected chi connectivity index (χ0v) is 18.9. The van der Waals surface area contributed by atoms with Crippen LogP contribution < -0.4 is 0 Å². The average molecular weight is 433 g/mol. The lowest BCUT2D eigenvalue weighted by atomic mass is 9.47. The number of carbonyl (C=O) groups is 3. The molecule has 0 radical (unpaired) electrons. The summed E-state index contributed by atoms with van der Waals surface area (Å²) in [5.74, 6) is -0.127. The molecule has 0 aromatic heterocycles. The highest BCUT2D eigenvalue weighted by Crippen LogP contribution is 2.66. The van der Waals surface area contributed by atoms with Gasteiger partial charge in [-0.3, -0.25) is 14.4 Å². The number of hydrogen-bond donors (Lipinski definition) is 2. The van der Waals surface area contributed by atoms with Gasteiger partial charge in [0.25, 0.3) is 0 Å². The number of hydrogen-bond acceptors (Lipinski definition) is 5. The molecule has 0 aliphatic heterocycles. The molecule has 0 aromatic carbocycles. The Morgan fingerprint density at radius 1 is 1.13 bits per heavy atom. The molecule has 3 fully saturated rings. The van der Waals surface area contributed by atoms with E-state index in [9.17, 15) is 19.5 Å². The Hall–Kier alpha value is -1.69. The molecule has 8 unspecified atom stereocenters. The van der Waals surface area contributed by atoms with Crippen LogP contribution in [0.15, 0.2) is 11.6 Å². The Labute approximate surface area is 184 Å². The van der Waals surface area contributed by atoms with E-state index in [4.69, 9.17) is 9.84 Å². The lowest BCUT2D eigenvalue weighted by molar-refractivity contribution is -0.154. The molecule has 0 bridgehead atoms. The van der Waals surface area contributed by atoms with Crippen molar-refractivity contribution in [2.45, 2.75) is 90.8 Å². The zero-order chi connectivity index (χ0) is 22.6. The van der Waals surface area contributed by atoms with E-state index >= 15 is 0 Å². The Bertz CT molecular complexity index is 802. The maximum Gasteiger partial charge on any atom is 0.306 e. The van der Waals surface area contributed by atoms with Gasteiger partial charge in [0.1, 0.15) is 11.9 Å². The summed E-state index contributed by atoms with van der Waals surface area (Å²) in [5.41, 5.74) is 1.35. The molecule has 6 heteroatoms. The van der Waals surface area contributed by atoms with Crippen molar-refractivity contribution in [3.63, 3.8) is 0 Å². The third-order valence-corrected chi connectivity index (χ3v) is 9.37. The van der Waals surface area contributed by atoms with Gasteiger partial charge >= 0.3 is 11.9 Å². The third-order valence-electron chi connectivity index (χ3n) is 9.37. The van der Waals surface area contributed by atoms with E-state index in [0.717, 1.165) is 44.9 Å². The van der Waals surface area contributed by atoms with E-state index in [-0.39, 0.29) is 41.5 Å². The minimum atomic E-state index is -0.984. The fraction of sp³-hybridized carbons (Fsp3) is 0.800. The summed E-state index contributed by atoms with van der Waals surface area (Å²) < 4.78 is 5.60. The van der Waals surface area contributed by atoms with Gasteiger partial charge in [0.05, 0.1) is 18.9 Å². The topological polar surface area (TPSA) is 101 Å². The van der Waals surface area contributed by atoms with Gasteiger partial charge in [0.2, 0.25) is 0 Å². The molecule has 0 heterocycles. The number of esters is 1. The van der Waals surface area contributed by atoms with Gasteiger partial charge in [-0.25, -0.2) is 0 Å². The normalized spacial score (nSPS) is 43.8. The lowest BCUT2D eigenvalue weighted by Gasteiger charge is -2.57. The number of aliphatic hydroxyl groups excluding tert-OH is 1. The summed E-state index contributed by atoms with van der Waals surface area (Å²) in [4.78, 5) is 35.0. The van der Waals surface area contributed by atoms with Gasteiger partial charge in [-0.15, -0.1) is 0 Å². The van der Waals surface area contributed by atoms with E-state index in [0.29, 0.717) is 17.8 Å². The number of carboxylic acid groups (broad SMARTS) is 1. The maximum absolute atomic E-state index is 12.3. The SMILES string of the molecule is CC(=O)C1C(O)CC2C3CC=C4CC(OC(=O)CCC(=O)O)CCC4(C)C3CCC21C. The molecule has 0 saturated heterocycles. The highest BCUT2D eigenvalue weighted by atomic mass is 16.5. The van der Waals surface area contributed by atoms with Crippen LogP contribution in [0.3, 0.4) is 0 Å². The Balaban J connectivity index is 1.48. The maximum atomic E-state index is 12.3. The van der Waals surface area contributed by atoms with Gasteiger partial charge in [-0.05, 0) is 74.0 Å². The third kappa shape index (κ3) is 3.75. The van der Waals surface area contributed by atoms with E-state index < -0.39 is 18.0 Å². The van der Waals surface area contributed by atoms with Crippen LogP contribution in [0.1, 0.15) is 78.6 Å². The van der Waals surface area contributed by atoms with Crippen molar-refractivity contribution in [1.82, 2.24) is 0 Å². The highest BCUT2D eigenvalue weighted by molar-refractivity contribution is 5.80. The first-order chi connectivity index (χ1) is 14.6. The first-order valence-electron chi connectivity index (χ1n) is 11.9. The molecule has 6 nitrogen and oxygen atoms in total. The Morgan fingerprint density at radius 2 is 1.87 bits per heavy atom.